The second-order valence-electron chi connectivity index (χ2n) is 5.45. The number of rotatable bonds is 2. The molecule has 3 rings (SSSR count). The molecule has 1 aromatic heterocycles. The fraction of sp³-hybridized carbons (Fsp3) is 0.643. The maximum atomic E-state index is 5.89. The highest BCUT2D eigenvalue weighted by atomic mass is 16.5. The Hall–Kier alpha value is -1.09. The molecule has 2 aliphatic rings. The Bertz CT molecular complexity index is 393. The first kappa shape index (κ1) is 11.0. The first-order chi connectivity index (χ1) is 8.24. The Morgan fingerprint density at radius 3 is 2.65 bits per heavy atom. The lowest BCUT2D eigenvalue weighted by atomic mass is 10.0. The summed E-state index contributed by atoms with van der Waals surface area (Å²) in [6.45, 7) is 6.55. The number of nitrogens with zero attached hydrogens (tertiary/aromatic N) is 2. The van der Waals surface area contributed by atoms with Gasteiger partial charge in [0.2, 0.25) is 0 Å². The minimum atomic E-state index is 0.439. The molecule has 2 aliphatic heterocycles. The standard InChI is InChI=1S/C14H20N2O/c1-10(2)13-5-6-15-7-14(13)16-8-11-3-4-12(9-16)17-11/h5-7,10-12H,3-4,8-9H2,1-2H3. The summed E-state index contributed by atoms with van der Waals surface area (Å²) >= 11 is 0. The Labute approximate surface area is 103 Å². The quantitative estimate of drug-likeness (QED) is 0.783. The van der Waals surface area contributed by atoms with Crippen molar-refractivity contribution >= 4 is 5.69 Å². The van der Waals surface area contributed by atoms with Gasteiger partial charge in [-0.15, -0.1) is 0 Å². The van der Waals surface area contributed by atoms with Crippen molar-refractivity contribution in [3.8, 4) is 0 Å². The van der Waals surface area contributed by atoms with E-state index in [1.54, 1.807) is 0 Å². The third-order valence-corrected chi connectivity index (χ3v) is 3.84. The number of hydrogen-bond donors (Lipinski definition) is 0. The zero-order valence-electron chi connectivity index (χ0n) is 10.6. The summed E-state index contributed by atoms with van der Waals surface area (Å²) in [7, 11) is 0. The molecular formula is C14H20N2O. The molecule has 2 bridgehead atoms. The molecule has 0 amide bonds. The highest BCUT2D eigenvalue weighted by Gasteiger charge is 2.34. The van der Waals surface area contributed by atoms with Gasteiger partial charge in [-0.1, -0.05) is 13.8 Å². The average Bonchev–Trinajstić information content (AvgIpc) is 2.68. The van der Waals surface area contributed by atoms with E-state index in [1.807, 2.05) is 12.4 Å². The summed E-state index contributed by atoms with van der Waals surface area (Å²) < 4.78 is 5.89. The van der Waals surface area contributed by atoms with Crippen molar-refractivity contribution in [3.05, 3.63) is 24.0 Å². The lowest BCUT2D eigenvalue weighted by Crippen LogP contribution is -2.43. The minimum Gasteiger partial charge on any atom is -0.371 e. The SMILES string of the molecule is CC(C)c1ccncc1N1CC2CCC(C1)O2. The zero-order chi connectivity index (χ0) is 11.8. The average molecular weight is 232 g/mol. The van der Waals surface area contributed by atoms with Crippen LogP contribution in [0.4, 0.5) is 5.69 Å². The number of morpholine rings is 1. The van der Waals surface area contributed by atoms with E-state index in [1.165, 1.54) is 24.1 Å². The Balaban J connectivity index is 1.88. The first-order valence-corrected chi connectivity index (χ1v) is 6.58. The van der Waals surface area contributed by atoms with E-state index < -0.39 is 0 Å². The minimum absolute atomic E-state index is 0.439. The van der Waals surface area contributed by atoms with Crippen molar-refractivity contribution in [3.63, 3.8) is 0 Å². The van der Waals surface area contributed by atoms with Gasteiger partial charge >= 0.3 is 0 Å². The van der Waals surface area contributed by atoms with Crippen LogP contribution in [0.5, 0.6) is 0 Å². The number of hydrogen-bond acceptors (Lipinski definition) is 3. The largest absolute Gasteiger partial charge is 0.371 e. The van der Waals surface area contributed by atoms with E-state index in [4.69, 9.17) is 4.74 Å². The molecule has 2 unspecified atom stereocenters. The predicted octanol–water partition coefficient (Wildman–Crippen LogP) is 2.57. The molecule has 1 aromatic rings. The van der Waals surface area contributed by atoms with E-state index >= 15 is 0 Å². The summed E-state index contributed by atoms with van der Waals surface area (Å²) in [5, 5.41) is 0. The first-order valence-electron chi connectivity index (χ1n) is 6.58. The summed E-state index contributed by atoms with van der Waals surface area (Å²) in [5.41, 5.74) is 2.71. The van der Waals surface area contributed by atoms with Crippen molar-refractivity contribution in [2.75, 3.05) is 18.0 Å². The van der Waals surface area contributed by atoms with Crippen LogP contribution in [0, 0.1) is 0 Å². The highest BCUT2D eigenvalue weighted by Crippen LogP contribution is 2.33. The Morgan fingerprint density at radius 2 is 2.00 bits per heavy atom. The van der Waals surface area contributed by atoms with Crippen LogP contribution < -0.4 is 4.90 Å². The van der Waals surface area contributed by atoms with Crippen molar-refractivity contribution in [2.24, 2.45) is 0 Å². The van der Waals surface area contributed by atoms with Crippen molar-refractivity contribution < 1.29 is 4.74 Å². The van der Waals surface area contributed by atoms with Gasteiger partial charge in [0.05, 0.1) is 24.1 Å². The van der Waals surface area contributed by atoms with Gasteiger partial charge in [-0.25, -0.2) is 0 Å². The zero-order valence-corrected chi connectivity index (χ0v) is 10.6. The van der Waals surface area contributed by atoms with E-state index in [0.29, 0.717) is 18.1 Å². The van der Waals surface area contributed by atoms with Crippen LogP contribution in [-0.4, -0.2) is 30.3 Å². The van der Waals surface area contributed by atoms with Crippen molar-refractivity contribution in [2.45, 2.75) is 44.8 Å². The summed E-state index contributed by atoms with van der Waals surface area (Å²) in [6, 6.07) is 2.15. The van der Waals surface area contributed by atoms with Crippen LogP contribution >= 0.6 is 0 Å². The van der Waals surface area contributed by atoms with Crippen LogP contribution in [0.1, 0.15) is 38.2 Å². The predicted molar refractivity (Wildman–Crippen MR) is 68.4 cm³/mol. The Morgan fingerprint density at radius 1 is 1.29 bits per heavy atom. The van der Waals surface area contributed by atoms with E-state index in [-0.39, 0.29) is 0 Å². The molecule has 3 heterocycles. The molecule has 0 spiro atoms. The summed E-state index contributed by atoms with van der Waals surface area (Å²) in [5.74, 6) is 0.550. The van der Waals surface area contributed by atoms with E-state index in [9.17, 15) is 0 Å². The molecule has 2 fully saturated rings. The van der Waals surface area contributed by atoms with Crippen LogP contribution in [0.3, 0.4) is 0 Å². The van der Waals surface area contributed by atoms with Crippen LogP contribution in [0.2, 0.25) is 0 Å². The number of ether oxygens (including phenoxy) is 1. The molecule has 0 aromatic carbocycles. The molecule has 0 radical (unpaired) electrons. The molecule has 2 saturated heterocycles. The number of aromatic nitrogens is 1. The van der Waals surface area contributed by atoms with E-state index in [2.05, 4.69) is 29.8 Å². The van der Waals surface area contributed by atoms with E-state index in [0.717, 1.165) is 13.1 Å². The maximum Gasteiger partial charge on any atom is 0.0755 e. The molecule has 0 saturated carbocycles. The van der Waals surface area contributed by atoms with Crippen LogP contribution in [0.25, 0.3) is 0 Å². The van der Waals surface area contributed by atoms with Gasteiger partial charge in [0.1, 0.15) is 0 Å². The fourth-order valence-electron chi connectivity index (χ4n) is 2.96. The molecule has 3 heteroatoms. The van der Waals surface area contributed by atoms with Gasteiger partial charge in [-0.2, -0.15) is 0 Å². The molecular weight excluding hydrogens is 212 g/mol. The smallest absolute Gasteiger partial charge is 0.0755 e. The second kappa shape index (κ2) is 4.30. The second-order valence-corrected chi connectivity index (χ2v) is 5.45. The van der Waals surface area contributed by atoms with Crippen molar-refractivity contribution in [1.82, 2.24) is 4.98 Å². The number of pyridine rings is 1. The van der Waals surface area contributed by atoms with Gasteiger partial charge in [0.15, 0.2) is 0 Å². The normalized spacial score (nSPS) is 27.8. The van der Waals surface area contributed by atoms with Gasteiger partial charge in [-0.05, 0) is 30.4 Å². The van der Waals surface area contributed by atoms with Gasteiger partial charge in [0, 0.05) is 19.3 Å². The number of fused-ring (bicyclic) bond motifs is 2. The topological polar surface area (TPSA) is 25.4 Å². The third kappa shape index (κ3) is 2.04. The van der Waals surface area contributed by atoms with Gasteiger partial charge < -0.3 is 9.64 Å². The maximum absolute atomic E-state index is 5.89. The third-order valence-electron chi connectivity index (χ3n) is 3.84. The van der Waals surface area contributed by atoms with Crippen LogP contribution in [0.15, 0.2) is 18.5 Å². The molecule has 0 N–H and O–H groups in total. The fourth-order valence-corrected chi connectivity index (χ4v) is 2.96. The van der Waals surface area contributed by atoms with Crippen LogP contribution in [-0.2, 0) is 4.74 Å². The van der Waals surface area contributed by atoms with Gasteiger partial charge in [0.25, 0.3) is 0 Å². The van der Waals surface area contributed by atoms with Gasteiger partial charge in [-0.3, -0.25) is 4.98 Å². The highest BCUT2D eigenvalue weighted by molar-refractivity contribution is 5.53. The summed E-state index contributed by atoms with van der Waals surface area (Å²) in [4.78, 5) is 6.76. The number of anilines is 1. The Kier molecular flexibility index (Phi) is 2.79. The molecule has 2 atom stereocenters. The van der Waals surface area contributed by atoms with Crippen molar-refractivity contribution in [1.29, 1.82) is 0 Å². The monoisotopic (exact) mass is 232 g/mol. The molecule has 17 heavy (non-hydrogen) atoms. The lowest BCUT2D eigenvalue weighted by molar-refractivity contribution is 0.0304. The molecule has 92 valence electrons. The molecule has 3 nitrogen and oxygen atoms in total. The summed E-state index contributed by atoms with van der Waals surface area (Å²) in [6.07, 6.45) is 7.23. The lowest BCUT2D eigenvalue weighted by Gasteiger charge is -2.35. The molecule has 0 aliphatic carbocycles.